The van der Waals surface area contributed by atoms with Gasteiger partial charge in [-0.3, -0.25) is 9.69 Å². The Morgan fingerprint density at radius 3 is 2.78 bits per heavy atom. The molecule has 27 heavy (non-hydrogen) atoms. The van der Waals surface area contributed by atoms with E-state index in [2.05, 4.69) is 30.6 Å². The van der Waals surface area contributed by atoms with Crippen LogP contribution in [0.5, 0.6) is 0 Å². The van der Waals surface area contributed by atoms with Crippen molar-refractivity contribution in [3.8, 4) is 5.69 Å². The van der Waals surface area contributed by atoms with Gasteiger partial charge in [0.1, 0.15) is 6.33 Å². The summed E-state index contributed by atoms with van der Waals surface area (Å²) in [6, 6.07) is 7.31. The molecule has 0 radical (unpaired) electrons. The average molecular weight is 368 g/mol. The van der Waals surface area contributed by atoms with Crippen LogP contribution in [0, 0.1) is 0 Å². The number of hydrogen-bond donors (Lipinski definition) is 0. The van der Waals surface area contributed by atoms with Gasteiger partial charge in [-0.2, -0.15) is 4.98 Å². The Hall–Kier alpha value is -3.14. The Labute approximate surface area is 155 Å². The van der Waals surface area contributed by atoms with Gasteiger partial charge in [0.25, 0.3) is 5.91 Å². The summed E-state index contributed by atoms with van der Waals surface area (Å²) in [7, 11) is 0. The van der Waals surface area contributed by atoms with Crippen LogP contribution in [0.25, 0.3) is 5.69 Å². The maximum atomic E-state index is 12.8. The molecule has 0 unspecified atom stereocenters. The first kappa shape index (κ1) is 17.3. The summed E-state index contributed by atoms with van der Waals surface area (Å²) in [4.78, 5) is 21.3. The summed E-state index contributed by atoms with van der Waals surface area (Å²) >= 11 is 0. The molecule has 1 aromatic carbocycles. The van der Waals surface area contributed by atoms with Crippen LogP contribution in [0.3, 0.4) is 0 Å². The largest absolute Gasteiger partial charge is 0.339 e. The molecule has 1 amide bonds. The molecule has 1 aliphatic heterocycles. The van der Waals surface area contributed by atoms with Gasteiger partial charge in [-0.25, -0.2) is 4.68 Å². The van der Waals surface area contributed by atoms with E-state index >= 15 is 0 Å². The van der Waals surface area contributed by atoms with Gasteiger partial charge >= 0.3 is 0 Å². The Balaban J connectivity index is 1.36. The highest BCUT2D eigenvalue weighted by Crippen LogP contribution is 2.14. The predicted molar refractivity (Wildman–Crippen MR) is 94.0 cm³/mol. The van der Waals surface area contributed by atoms with Gasteiger partial charge in [0.15, 0.2) is 5.82 Å². The number of tetrazole rings is 1. The maximum Gasteiger partial charge on any atom is 0.254 e. The summed E-state index contributed by atoms with van der Waals surface area (Å²) in [5.74, 6) is 1.36. The van der Waals surface area contributed by atoms with Crippen molar-refractivity contribution in [2.24, 2.45) is 0 Å². The lowest BCUT2D eigenvalue weighted by molar-refractivity contribution is 0.0624. The highest BCUT2D eigenvalue weighted by atomic mass is 16.5. The number of aromatic nitrogens is 6. The van der Waals surface area contributed by atoms with Gasteiger partial charge in [0, 0.05) is 38.2 Å². The van der Waals surface area contributed by atoms with Crippen LogP contribution < -0.4 is 0 Å². The molecule has 10 heteroatoms. The van der Waals surface area contributed by atoms with Crippen LogP contribution in [0.15, 0.2) is 35.1 Å². The third kappa shape index (κ3) is 3.85. The van der Waals surface area contributed by atoms with Crippen LogP contribution in [0.2, 0.25) is 0 Å². The van der Waals surface area contributed by atoms with Crippen molar-refractivity contribution in [2.45, 2.75) is 19.9 Å². The minimum Gasteiger partial charge on any atom is -0.339 e. The zero-order valence-corrected chi connectivity index (χ0v) is 15.0. The van der Waals surface area contributed by atoms with Crippen molar-refractivity contribution in [2.75, 3.05) is 26.2 Å². The lowest BCUT2D eigenvalue weighted by Gasteiger charge is -2.34. The lowest BCUT2D eigenvalue weighted by Crippen LogP contribution is -2.48. The Bertz CT molecular complexity index is 899. The fourth-order valence-corrected chi connectivity index (χ4v) is 3.05. The molecule has 0 atom stereocenters. The molecule has 0 N–H and O–H groups in total. The number of piperazine rings is 1. The van der Waals surface area contributed by atoms with Crippen LogP contribution in [0.4, 0.5) is 0 Å². The molecule has 3 aromatic rings. The molecule has 1 fully saturated rings. The fraction of sp³-hybridized carbons (Fsp3) is 0.412. The van der Waals surface area contributed by atoms with Crippen molar-refractivity contribution < 1.29 is 9.32 Å². The van der Waals surface area contributed by atoms with Crippen molar-refractivity contribution >= 4 is 5.91 Å². The molecule has 10 nitrogen and oxygen atoms in total. The Morgan fingerprint density at radius 1 is 1.22 bits per heavy atom. The van der Waals surface area contributed by atoms with Crippen LogP contribution in [-0.2, 0) is 13.0 Å². The van der Waals surface area contributed by atoms with Gasteiger partial charge in [-0.05, 0) is 28.6 Å². The molecule has 1 saturated heterocycles. The molecule has 0 aliphatic carbocycles. The summed E-state index contributed by atoms with van der Waals surface area (Å²) in [5, 5.41) is 15.1. The van der Waals surface area contributed by atoms with Crippen LogP contribution in [-0.4, -0.2) is 72.2 Å². The lowest BCUT2D eigenvalue weighted by atomic mass is 10.1. The van der Waals surface area contributed by atoms with Gasteiger partial charge in [0.2, 0.25) is 5.89 Å². The summed E-state index contributed by atoms with van der Waals surface area (Å²) in [5.41, 5.74) is 1.38. The third-order valence-corrected chi connectivity index (χ3v) is 4.54. The molecular formula is C17H20N8O2. The quantitative estimate of drug-likeness (QED) is 0.643. The Morgan fingerprint density at radius 2 is 2.07 bits per heavy atom. The van der Waals surface area contributed by atoms with Crippen molar-refractivity contribution in [3.63, 3.8) is 0 Å². The van der Waals surface area contributed by atoms with E-state index in [1.54, 1.807) is 6.07 Å². The van der Waals surface area contributed by atoms with E-state index in [0.717, 1.165) is 25.2 Å². The number of rotatable bonds is 5. The van der Waals surface area contributed by atoms with Gasteiger partial charge in [-0.1, -0.05) is 18.1 Å². The second-order valence-electron chi connectivity index (χ2n) is 6.33. The zero-order chi connectivity index (χ0) is 18.6. The van der Waals surface area contributed by atoms with E-state index in [9.17, 15) is 4.79 Å². The standard InChI is InChI=1S/C17H20N8O2/c1-2-16-19-15(20-27-16)11-23-6-8-24(9-7-23)17(26)13-4-3-5-14(10-13)25-12-18-21-22-25/h3-5,10,12H,2,6-9,11H2,1H3. The molecule has 3 heterocycles. The zero-order valence-electron chi connectivity index (χ0n) is 15.0. The van der Waals surface area contributed by atoms with Crippen molar-refractivity contribution in [1.29, 1.82) is 0 Å². The number of nitrogens with zero attached hydrogens (tertiary/aromatic N) is 8. The monoisotopic (exact) mass is 368 g/mol. The van der Waals surface area contributed by atoms with Crippen molar-refractivity contribution in [1.82, 2.24) is 40.1 Å². The maximum absolute atomic E-state index is 12.8. The van der Waals surface area contributed by atoms with E-state index in [0.29, 0.717) is 36.9 Å². The number of carbonyl (C=O) groups excluding carboxylic acids is 1. The average Bonchev–Trinajstić information content (AvgIpc) is 3.40. The molecule has 1 aliphatic rings. The van der Waals surface area contributed by atoms with E-state index in [-0.39, 0.29) is 5.91 Å². The second kappa shape index (κ2) is 7.62. The first-order valence-corrected chi connectivity index (χ1v) is 8.89. The number of hydrogen-bond acceptors (Lipinski definition) is 8. The highest BCUT2D eigenvalue weighted by molar-refractivity contribution is 5.94. The normalized spacial score (nSPS) is 15.2. The van der Waals surface area contributed by atoms with Gasteiger partial charge in [0.05, 0.1) is 12.2 Å². The first-order chi connectivity index (χ1) is 13.2. The van der Waals surface area contributed by atoms with E-state index in [4.69, 9.17) is 4.52 Å². The topological polar surface area (TPSA) is 106 Å². The number of aryl methyl sites for hydroxylation is 1. The molecule has 140 valence electrons. The molecule has 4 rings (SSSR count). The molecule has 2 aromatic heterocycles. The molecule has 0 bridgehead atoms. The molecule has 0 spiro atoms. The third-order valence-electron chi connectivity index (χ3n) is 4.54. The summed E-state index contributed by atoms with van der Waals surface area (Å²) in [6.45, 7) is 5.48. The van der Waals surface area contributed by atoms with E-state index in [1.807, 2.05) is 30.0 Å². The number of carbonyl (C=O) groups is 1. The highest BCUT2D eigenvalue weighted by Gasteiger charge is 2.23. The van der Waals surface area contributed by atoms with Crippen LogP contribution >= 0.6 is 0 Å². The van der Waals surface area contributed by atoms with Crippen molar-refractivity contribution in [3.05, 3.63) is 47.9 Å². The SMILES string of the molecule is CCc1nc(CN2CCN(C(=O)c3cccc(-n4cnnn4)c3)CC2)no1. The van der Waals surface area contributed by atoms with Crippen LogP contribution in [0.1, 0.15) is 29.0 Å². The van der Waals surface area contributed by atoms with E-state index in [1.165, 1.54) is 11.0 Å². The number of amides is 1. The van der Waals surface area contributed by atoms with Gasteiger partial charge < -0.3 is 9.42 Å². The van der Waals surface area contributed by atoms with Gasteiger partial charge in [-0.15, -0.1) is 5.10 Å². The fourth-order valence-electron chi connectivity index (χ4n) is 3.05. The minimum absolute atomic E-state index is 0.0115. The smallest absolute Gasteiger partial charge is 0.254 e. The first-order valence-electron chi connectivity index (χ1n) is 8.89. The molecule has 0 saturated carbocycles. The number of benzene rings is 1. The minimum atomic E-state index is 0.0115. The molecular weight excluding hydrogens is 348 g/mol. The van der Waals surface area contributed by atoms with E-state index < -0.39 is 0 Å². The second-order valence-corrected chi connectivity index (χ2v) is 6.33. The Kier molecular flexibility index (Phi) is 4.88. The summed E-state index contributed by atoms with van der Waals surface area (Å²) < 4.78 is 6.68. The predicted octanol–water partition coefficient (Wildman–Crippen LogP) is 0.566. The summed E-state index contributed by atoms with van der Waals surface area (Å²) in [6.07, 6.45) is 2.24.